The molecule has 6 heteroatoms. The van der Waals surface area contributed by atoms with Crippen LogP contribution in [0.4, 0.5) is 0 Å². The van der Waals surface area contributed by atoms with E-state index in [2.05, 4.69) is 9.30 Å². The summed E-state index contributed by atoms with van der Waals surface area (Å²) in [5, 5.41) is 0. The summed E-state index contributed by atoms with van der Waals surface area (Å²) < 4.78 is 35.4. The first kappa shape index (κ1) is 22.0. The summed E-state index contributed by atoms with van der Waals surface area (Å²) in [4.78, 5) is 2.26. The Morgan fingerprint density at radius 3 is 1.96 bits per heavy atom. The lowest BCUT2D eigenvalue weighted by Gasteiger charge is -2.34. The molecule has 0 atom stereocenters. The molecule has 0 fully saturated rings. The summed E-state index contributed by atoms with van der Waals surface area (Å²) in [5.74, 6) is 1.30. The number of rotatable bonds is 7. The third-order valence-corrected chi connectivity index (χ3v) is 5.80. The molecule has 28 heavy (non-hydrogen) atoms. The minimum atomic E-state index is -3.80. The monoisotopic (exact) mass is 402 g/mol. The standard InChI is InChI=1S/C22H30N2O3S/c1-16(2)24(17(3)4)22(15-19-9-11-20(27-6)12-10-19)23-28(25,26)21-13-7-18(5)8-14-21/h7-14,16-17H,15H2,1-6H3/b23-22-. The number of ether oxygens (including phenoxy) is 1. The number of amidine groups is 1. The van der Waals surface area contributed by atoms with Gasteiger partial charge in [0.1, 0.15) is 11.6 Å². The molecule has 5 nitrogen and oxygen atoms in total. The largest absolute Gasteiger partial charge is 0.497 e. The van der Waals surface area contributed by atoms with Crippen molar-refractivity contribution in [3.63, 3.8) is 0 Å². The van der Waals surface area contributed by atoms with Gasteiger partial charge in [-0.3, -0.25) is 0 Å². The molecule has 2 aromatic carbocycles. The third kappa shape index (κ3) is 5.58. The molecule has 0 radical (unpaired) electrons. The summed E-state index contributed by atoms with van der Waals surface area (Å²) in [5.41, 5.74) is 1.98. The first-order valence-electron chi connectivity index (χ1n) is 9.46. The van der Waals surface area contributed by atoms with E-state index in [0.29, 0.717) is 12.3 Å². The van der Waals surface area contributed by atoms with Crippen LogP contribution < -0.4 is 4.74 Å². The summed E-state index contributed by atoms with van der Waals surface area (Å²) in [7, 11) is -2.18. The fourth-order valence-electron chi connectivity index (χ4n) is 3.19. The second kappa shape index (κ2) is 9.24. The highest BCUT2D eigenvalue weighted by Crippen LogP contribution is 2.19. The highest BCUT2D eigenvalue weighted by Gasteiger charge is 2.23. The highest BCUT2D eigenvalue weighted by molar-refractivity contribution is 7.90. The molecule has 2 aromatic rings. The average molecular weight is 403 g/mol. The number of methoxy groups -OCH3 is 1. The third-order valence-electron chi connectivity index (χ3n) is 4.48. The second-order valence-corrected chi connectivity index (χ2v) is 9.02. The van der Waals surface area contributed by atoms with Gasteiger partial charge in [-0.2, -0.15) is 8.42 Å². The number of aryl methyl sites for hydroxylation is 1. The van der Waals surface area contributed by atoms with Crippen LogP contribution in [0.1, 0.15) is 38.8 Å². The number of benzene rings is 2. The molecule has 2 rings (SSSR count). The zero-order valence-electron chi connectivity index (χ0n) is 17.5. The fraction of sp³-hybridized carbons (Fsp3) is 0.409. The van der Waals surface area contributed by atoms with Crippen molar-refractivity contribution >= 4 is 15.9 Å². The molecule has 0 saturated heterocycles. The molecule has 0 aromatic heterocycles. The number of hydrogen-bond donors (Lipinski definition) is 0. The molecule has 152 valence electrons. The number of sulfonamides is 1. The van der Waals surface area contributed by atoms with Gasteiger partial charge < -0.3 is 9.64 Å². The van der Waals surface area contributed by atoms with E-state index in [-0.39, 0.29) is 17.0 Å². The predicted molar refractivity (Wildman–Crippen MR) is 115 cm³/mol. The summed E-state index contributed by atoms with van der Waals surface area (Å²) in [6, 6.07) is 14.6. The van der Waals surface area contributed by atoms with E-state index in [1.807, 2.05) is 58.9 Å². The average Bonchev–Trinajstić information content (AvgIpc) is 2.61. The summed E-state index contributed by atoms with van der Waals surface area (Å²) in [6.07, 6.45) is 0.422. The topological polar surface area (TPSA) is 59.0 Å². The molecule has 0 bridgehead atoms. The Hall–Kier alpha value is -2.34. The van der Waals surface area contributed by atoms with Crippen LogP contribution in [-0.4, -0.2) is 38.3 Å². The summed E-state index contributed by atoms with van der Waals surface area (Å²) >= 11 is 0. The number of nitrogens with zero attached hydrogens (tertiary/aromatic N) is 2. The Kier molecular flexibility index (Phi) is 7.24. The molecule has 0 aliphatic heterocycles. The van der Waals surface area contributed by atoms with Gasteiger partial charge in [-0.25, -0.2) is 0 Å². The molecule has 0 aliphatic carbocycles. The molecule has 0 saturated carbocycles. The number of hydrogen-bond acceptors (Lipinski definition) is 3. The van der Waals surface area contributed by atoms with Gasteiger partial charge >= 0.3 is 0 Å². The van der Waals surface area contributed by atoms with Crippen LogP contribution in [0.25, 0.3) is 0 Å². The van der Waals surface area contributed by atoms with E-state index < -0.39 is 10.0 Å². The van der Waals surface area contributed by atoms with Crippen molar-refractivity contribution < 1.29 is 13.2 Å². The van der Waals surface area contributed by atoms with Crippen molar-refractivity contribution in [3.05, 3.63) is 59.7 Å². The van der Waals surface area contributed by atoms with E-state index in [0.717, 1.165) is 16.9 Å². The van der Waals surface area contributed by atoms with Crippen LogP contribution >= 0.6 is 0 Å². The minimum Gasteiger partial charge on any atom is -0.497 e. The molecule has 0 N–H and O–H groups in total. The van der Waals surface area contributed by atoms with Crippen molar-refractivity contribution in [2.45, 2.75) is 58.0 Å². The van der Waals surface area contributed by atoms with Gasteiger partial charge in [0.05, 0.1) is 12.0 Å². The van der Waals surface area contributed by atoms with E-state index in [4.69, 9.17) is 4.74 Å². The highest BCUT2D eigenvalue weighted by atomic mass is 32.2. The molecule has 0 heterocycles. The van der Waals surface area contributed by atoms with Crippen LogP contribution in [0.2, 0.25) is 0 Å². The molecule has 0 aliphatic rings. The van der Waals surface area contributed by atoms with Crippen LogP contribution in [-0.2, 0) is 16.4 Å². The Labute approximate surface area is 169 Å². The molecular weight excluding hydrogens is 372 g/mol. The van der Waals surface area contributed by atoms with Gasteiger partial charge in [0.15, 0.2) is 0 Å². The SMILES string of the molecule is COc1ccc(C/C(=N/S(=O)(=O)c2ccc(C)cc2)N(C(C)C)C(C)C)cc1. The second-order valence-electron chi connectivity index (χ2n) is 7.42. The van der Waals surface area contributed by atoms with Crippen molar-refractivity contribution in [3.8, 4) is 5.75 Å². The predicted octanol–water partition coefficient (Wildman–Crippen LogP) is 4.45. The van der Waals surface area contributed by atoms with E-state index in [1.54, 1.807) is 31.4 Å². The summed E-state index contributed by atoms with van der Waals surface area (Å²) in [6.45, 7) is 10.1. The molecule has 0 unspecified atom stereocenters. The van der Waals surface area contributed by atoms with Crippen molar-refractivity contribution in [2.75, 3.05) is 7.11 Å². The molecule has 0 spiro atoms. The van der Waals surface area contributed by atoms with E-state index in [1.165, 1.54) is 0 Å². The lowest BCUT2D eigenvalue weighted by Crippen LogP contribution is -2.43. The van der Waals surface area contributed by atoms with Gasteiger partial charge in [0.25, 0.3) is 10.0 Å². The van der Waals surface area contributed by atoms with Crippen LogP contribution in [0.15, 0.2) is 57.8 Å². The molecular formula is C22H30N2O3S. The quantitative estimate of drug-likeness (QED) is 0.507. The Morgan fingerprint density at radius 1 is 0.964 bits per heavy atom. The molecule has 0 amide bonds. The van der Waals surface area contributed by atoms with Gasteiger partial charge in [-0.05, 0) is 64.4 Å². The van der Waals surface area contributed by atoms with Crippen molar-refractivity contribution in [1.29, 1.82) is 0 Å². The maximum atomic E-state index is 13.0. The minimum absolute atomic E-state index is 0.116. The van der Waals surface area contributed by atoms with Crippen molar-refractivity contribution in [2.24, 2.45) is 4.40 Å². The van der Waals surface area contributed by atoms with Crippen LogP contribution in [0, 0.1) is 6.92 Å². The zero-order valence-corrected chi connectivity index (χ0v) is 18.3. The fourth-order valence-corrected chi connectivity index (χ4v) is 4.21. The maximum absolute atomic E-state index is 13.0. The van der Waals surface area contributed by atoms with E-state index >= 15 is 0 Å². The van der Waals surface area contributed by atoms with Gasteiger partial charge in [-0.1, -0.05) is 29.8 Å². The lowest BCUT2D eigenvalue weighted by atomic mass is 10.1. The zero-order chi connectivity index (χ0) is 20.9. The Morgan fingerprint density at radius 2 is 1.50 bits per heavy atom. The van der Waals surface area contributed by atoms with Gasteiger partial charge in [-0.15, -0.1) is 4.40 Å². The normalized spacial score (nSPS) is 12.5. The van der Waals surface area contributed by atoms with Crippen molar-refractivity contribution in [1.82, 2.24) is 4.90 Å². The maximum Gasteiger partial charge on any atom is 0.283 e. The van der Waals surface area contributed by atoms with Gasteiger partial charge in [0, 0.05) is 18.5 Å². The Bertz CT molecular complexity index is 892. The first-order chi connectivity index (χ1) is 13.1. The Balaban J connectivity index is 2.49. The van der Waals surface area contributed by atoms with E-state index in [9.17, 15) is 8.42 Å². The first-order valence-corrected chi connectivity index (χ1v) is 10.9. The van der Waals surface area contributed by atoms with Crippen LogP contribution in [0.3, 0.4) is 0 Å². The lowest BCUT2D eigenvalue weighted by molar-refractivity contribution is 0.288. The van der Waals surface area contributed by atoms with Gasteiger partial charge in [0.2, 0.25) is 0 Å². The smallest absolute Gasteiger partial charge is 0.283 e. The van der Waals surface area contributed by atoms with Crippen LogP contribution in [0.5, 0.6) is 5.75 Å².